The molecule has 2 heterocycles. The van der Waals surface area contributed by atoms with Crippen LogP contribution < -0.4 is 10.6 Å². The van der Waals surface area contributed by atoms with Crippen LogP contribution in [0.25, 0.3) is 11.3 Å². The molecule has 1 atom stereocenters. The molecule has 1 saturated heterocycles. The van der Waals surface area contributed by atoms with Gasteiger partial charge < -0.3 is 10.6 Å². The van der Waals surface area contributed by atoms with Crippen molar-refractivity contribution in [3.8, 4) is 11.3 Å². The standard InChI is InChI=1S/C22H30F3N5/c1-5-26-19-12-16(22(23,24)25)8-9-18(19)21-15(4)11-20(28-29-21)27-17-7-6-10-30(13-17)14(2)3/h8-9,11-12,14,17,26H,5-7,10,13H2,1-4H3,(H,27,28)/t17-/m1/s1. The van der Waals surface area contributed by atoms with Crippen molar-refractivity contribution in [3.05, 3.63) is 35.4 Å². The monoisotopic (exact) mass is 421 g/mol. The molecule has 0 radical (unpaired) electrons. The van der Waals surface area contributed by atoms with Crippen LogP contribution in [0.2, 0.25) is 0 Å². The Balaban J connectivity index is 1.83. The number of alkyl halides is 3. The summed E-state index contributed by atoms with van der Waals surface area (Å²) in [7, 11) is 0. The molecule has 1 aliphatic heterocycles. The lowest BCUT2D eigenvalue weighted by molar-refractivity contribution is -0.137. The summed E-state index contributed by atoms with van der Waals surface area (Å²) in [4.78, 5) is 2.45. The van der Waals surface area contributed by atoms with Gasteiger partial charge in [0.05, 0.1) is 11.3 Å². The van der Waals surface area contributed by atoms with Gasteiger partial charge in [-0.1, -0.05) is 6.07 Å². The first-order valence-corrected chi connectivity index (χ1v) is 10.5. The largest absolute Gasteiger partial charge is 0.416 e. The number of halogens is 3. The molecule has 30 heavy (non-hydrogen) atoms. The highest BCUT2D eigenvalue weighted by atomic mass is 19.4. The molecular formula is C22H30F3N5. The number of anilines is 2. The second-order valence-corrected chi connectivity index (χ2v) is 8.12. The Morgan fingerprint density at radius 1 is 1.20 bits per heavy atom. The molecule has 0 saturated carbocycles. The summed E-state index contributed by atoms with van der Waals surface area (Å²) in [6, 6.07) is 6.43. The van der Waals surface area contributed by atoms with Crippen molar-refractivity contribution in [2.24, 2.45) is 0 Å². The van der Waals surface area contributed by atoms with E-state index in [4.69, 9.17) is 0 Å². The van der Waals surface area contributed by atoms with Gasteiger partial charge in [-0.05, 0) is 70.8 Å². The van der Waals surface area contributed by atoms with E-state index >= 15 is 0 Å². The van der Waals surface area contributed by atoms with Gasteiger partial charge in [-0.25, -0.2) is 0 Å². The summed E-state index contributed by atoms with van der Waals surface area (Å²) < 4.78 is 39.3. The third-order valence-corrected chi connectivity index (χ3v) is 5.49. The summed E-state index contributed by atoms with van der Waals surface area (Å²) in [5.74, 6) is 0.698. The molecule has 5 nitrogen and oxygen atoms in total. The van der Waals surface area contributed by atoms with E-state index < -0.39 is 11.7 Å². The Hall–Kier alpha value is -2.35. The fraction of sp³-hybridized carbons (Fsp3) is 0.545. The maximum atomic E-state index is 13.1. The van der Waals surface area contributed by atoms with Crippen molar-refractivity contribution >= 4 is 11.5 Å². The van der Waals surface area contributed by atoms with Crippen molar-refractivity contribution in [3.63, 3.8) is 0 Å². The van der Waals surface area contributed by atoms with Crippen LogP contribution in [-0.2, 0) is 6.18 Å². The molecule has 1 aromatic carbocycles. The third kappa shape index (κ3) is 5.22. The van der Waals surface area contributed by atoms with Gasteiger partial charge >= 0.3 is 6.18 Å². The summed E-state index contributed by atoms with van der Waals surface area (Å²) >= 11 is 0. The molecule has 0 unspecified atom stereocenters. The van der Waals surface area contributed by atoms with E-state index in [-0.39, 0.29) is 0 Å². The number of nitrogens with zero attached hydrogens (tertiary/aromatic N) is 3. The SMILES string of the molecule is CCNc1cc(C(F)(F)F)ccc1-c1nnc(N[C@@H]2CCCN(C(C)C)C2)cc1C. The van der Waals surface area contributed by atoms with Crippen LogP contribution in [-0.4, -0.2) is 46.8 Å². The Kier molecular flexibility index (Phi) is 6.85. The average molecular weight is 422 g/mol. The number of aryl methyl sites for hydroxylation is 1. The number of nitrogens with one attached hydrogen (secondary N) is 2. The van der Waals surface area contributed by atoms with Crippen molar-refractivity contribution in [1.82, 2.24) is 15.1 Å². The highest BCUT2D eigenvalue weighted by molar-refractivity contribution is 5.78. The minimum Gasteiger partial charge on any atom is -0.385 e. The predicted molar refractivity (Wildman–Crippen MR) is 115 cm³/mol. The molecule has 1 aliphatic rings. The molecule has 0 spiro atoms. The third-order valence-electron chi connectivity index (χ3n) is 5.49. The first-order chi connectivity index (χ1) is 14.2. The van der Waals surface area contributed by atoms with E-state index in [0.717, 1.165) is 43.6 Å². The number of rotatable bonds is 6. The van der Waals surface area contributed by atoms with Gasteiger partial charge in [0.25, 0.3) is 0 Å². The van der Waals surface area contributed by atoms with E-state index in [0.29, 0.717) is 41.4 Å². The number of piperidine rings is 1. The Bertz CT molecular complexity index is 866. The van der Waals surface area contributed by atoms with Crippen molar-refractivity contribution < 1.29 is 13.2 Å². The summed E-state index contributed by atoms with van der Waals surface area (Å²) in [5, 5.41) is 15.2. The number of hydrogen-bond donors (Lipinski definition) is 2. The van der Waals surface area contributed by atoms with Crippen LogP contribution in [0.15, 0.2) is 24.3 Å². The van der Waals surface area contributed by atoms with Crippen LogP contribution in [0.3, 0.4) is 0 Å². The predicted octanol–water partition coefficient (Wildman–Crippen LogP) is 5.19. The molecule has 0 amide bonds. The van der Waals surface area contributed by atoms with Gasteiger partial charge in [-0.3, -0.25) is 4.90 Å². The van der Waals surface area contributed by atoms with Crippen LogP contribution in [0.4, 0.5) is 24.7 Å². The molecule has 0 aliphatic carbocycles. The van der Waals surface area contributed by atoms with Gasteiger partial charge in [0.2, 0.25) is 0 Å². The minimum absolute atomic E-state index is 0.309. The van der Waals surface area contributed by atoms with Crippen molar-refractivity contribution in [1.29, 1.82) is 0 Å². The lowest BCUT2D eigenvalue weighted by atomic mass is 10.0. The molecule has 164 valence electrons. The minimum atomic E-state index is -4.39. The van der Waals surface area contributed by atoms with E-state index in [1.54, 1.807) is 0 Å². The molecule has 2 N–H and O–H groups in total. The van der Waals surface area contributed by atoms with Gasteiger partial charge in [0.15, 0.2) is 0 Å². The van der Waals surface area contributed by atoms with Gasteiger partial charge in [-0.2, -0.15) is 13.2 Å². The summed E-state index contributed by atoms with van der Waals surface area (Å²) in [6.07, 6.45) is -2.17. The van der Waals surface area contributed by atoms with Crippen LogP contribution in [0.1, 0.15) is 44.7 Å². The van der Waals surface area contributed by atoms with Crippen molar-refractivity contribution in [2.75, 3.05) is 30.3 Å². The molecule has 2 aromatic rings. The zero-order valence-electron chi connectivity index (χ0n) is 18.0. The maximum Gasteiger partial charge on any atom is 0.416 e. The summed E-state index contributed by atoms with van der Waals surface area (Å²) in [6.45, 7) is 10.7. The zero-order valence-corrected chi connectivity index (χ0v) is 18.0. The number of aromatic nitrogens is 2. The Morgan fingerprint density at radius 2 is 1.97 bits per heavy atom. The highest BCUT2D eigenvalue weighted by Crippen LogP contribution is 2.36. The second-order valence-electron chi connectivity index (χ2n) is 8.12. The van der Waals surface area contributed by atoms with Gasteiger partial charge in [0, 0.05) is 36.4 Å². The van der Waals surface area contributed by atoms with Crippen LogP contribution in [0.5, 0.6) is 0 Å². The summed E-state index contributed by atoms with van der Waals surface area (Å²) in [5.41, 5.74) is 1.79. The smallest absolute Gasteiger partial charge is 0.385 e. The van der Waals surface area contributed by atoms with Crippen molar-refractivity contribution in [2.45, 2.75) is 58.8 Å². The van der Waals surface area contributed by atoms with E-state index in [1.165, 1.54) is 6.07 Å². The maximum absolute atomic E-state index is 13.1. The van der Waals surface area contributed by atoms with E-state index in [2.05, 4.69) is 39.6 Å². The number of hydrogen-bond acceptors (Lipinski definition) is 5. The molecule has 3 rings (SSSR count). The quantitative estimate of drug-likeness (QED) is 0.673. The lowest BCUT2D eigenvalue weighted by Crippen LogP contribution is -2.45. The normalized spacial score (nSPS) is 17.9. The molecule has 1 aromatic heterocycles. The lowest BCUT2D eigenvalue weighted by Gasteiger charge is -2.35. The second kappa shape index (κ2) is 9.20. The number of likely N-dealkylation sites (tertiary alicyclic amines) is 1. The average Bonchev–Trinajstić information content (AvgIpc) is 2.68. The molecule has 8 heteroatoms. The Morgan fingerprint density at radius 3 is 2.60 bits per heavy atom. The molecule has 1 fully saturated rings. The van der Waals surface area contributed by atoms with E-state index in [9.17, 15) is 13.2 Å². The fourth-order valence-corrected chi connectivity index (χ4v) is 3.89. The van der Waals surface area contributed by atoms with Crippen LogP contribution >= 0.6 is 0 Å². The van der Waals surface area contributed by atoms with E-state index in [1.807, 2.05) is 19.9 Å². The highest BCUT2D eigenvalue weighted by Gasteiger charge is 2.31. The van der Waals surface area contributed by atoms with Gasteiger partial charge in [0.1, 0.15) is 5.82 Å². The zero-order chi connectivity index (χ0) is 21.9. The first-order valence-electron chi connectivity index (χ1n) is 10.5. The topological polar surface area (TPSA) is 53.1 Å². The Labute approximate surface area is 176 Å². The first kappa shape index (κ1) is 22.3. The van der Waals surface area contributed by atoms with Gasteiger partial charge in [-0.15, -0.1) is 10.2 Å². The molecule has 0 bridgehead atoms. The number of benzene rings is 1. The molecular weight excluding hydrogens is 391 g/mol. The fourth-order valence-electron chi connectivity index (χ4n) is 3.89. The van der Waals surface area contributed by atoms with Crippen LogP contribution in [0, 0.1) is 6.92 Å².